The quantitative estimate of drug-likeness (QED) is 0.551. The van der Waals surface area contributed by atoms with E-state index in [2.05, 4.69) is 53.4 Å². The summed E-state index contributed by atoms with van der Waals surface area (Å²) in [6, 6.07) is 27.3. The van der Waals surface area contributed by atoms with Gasteiger partial charge in [0.25, 0.3) is 0 Å². The first kappa shape index (κ1) is 19.1. The Labute approximate surface area is 181 Å². The Bertz CT molecular complexity index is 1070. The molecule has 0 atom stereocenters. The molecule has 150 valence electrons. The first-order valence-electron chi connectivity index (χ1n) is 10.3. The number of amidine groups is 1. The summed E-state index contributed by atoms with van der Waals surface area (Å²) in [5.74, 6) is 1.07. The molecular weight excluding hydrogens is 390 g/mol. The Balaban J connectivity index is 1.44. The van der Waals surface area contributed by atoms with E-state index in [1.807, 2.05) is 30.3 Å². The fraction of sp³-hybridized carbons (Fsp3) is 0.200. The summed E-state index contributed by atoms with van der Waals surface area (Å²) in [7, 11) is 0. The number of hydrogen-bond donors (Lipinski definition) is 0. The van der Waals surface area contributed by atoms with E-state index < -0.39 is 0 Å². The molecule has 0 bridgehead atoms. The zero-order chi connectivity index (χ0) is 20.2. The molecule has 5 heteroatoms. The van der Waals surface area contributed by atoms with Crippen LogP contribution >= 0.6 is 11.8 Å². The minimum Gasteiger partial charge on any atom is -0.378 e. The molecule has 0 saturated carbocycles. The Morgan fingerprint density at radius 1 is 0.700 bits per heavy atom. The molecule has 0 aromatic heterocycles. The fourth-order valence-electron chi connectivity index (χ4n) is 3.68. The van der Waals surface area contributed by atoms with Gasteiger partial charge in [-0.25, -0.2) is 4.99 Å². The van der Waals surface area contributed by atoms with Crippen LogP contribution in [0.15, 0.2) is 98.6 Å². The van der Waals surface area contributed by atoms with Crippen LogP contribution in [0, 0.1) is 0 Å². The molecular formula is C25H23N3OS. The van der Waals surface area contributed by atoms with E-state index in [0.717, 1.165) is 61.2 Å². The maximum Gasteiger partial charge on any atom is 0.111 e. The van der Waals surface area contributed by atoms with Crippen LogP contribution < -0.4 is 0 Å². The number of nitrogens with zero attached hydrogens (tertiary/aromatic N) is 3. The average Bonchev–Trinajstić information content (AvgIpc) is 3.01. The predicted octanol–water partition coefficient (Wildman–Crippen LogP) is 5.72. The van der Waals surface area contributed by atoms with Crippen molar-refractivity contribution in [2.24, 2.45) is 9.98 Å². The molecule has 0 radical (unpaired) electrons. The van der Waals surface area contributed by atoms with Crippen molar-refractivity contribution in [2.45, 2.75) is 16.2 Å². The van der Waals surface area contributed by atoms with Gasteiger partial charge >= 0.3 is 0 Å². The van der Waals surface area contributed by atoms with E-state index >= 15 is 0 Å². The summed E-state index contributed by atoms with van der Waals surface area (Å²) >= 11 is 1.77. The summed E-state index contributed by atoms with van der Waals surface area (Å²) in [5.41, 5.74) is 4.07. The molecule has 2 aliphatic rings. The van der Waals surface area contributed by atoms with Crippen LogP contribution in [0.5, 0.6) is 0 Å². The summed E-state index contributed by atoms with van der Waals surface area (Å²) in [4.78, 5) is 14.8. The Hall–Kier alpha value is -2.89. The van der Waals surface area contributed by atoms with Gasteiger partial charge in [0.05, 0.1) is 30.3 Å². The Kier molecular flexibility index (Phi) is 5.64. The highest BCUT2D eigenvalue weighted by Gasteiger charge is 2.21. The van der Waals surface area contributed by atoms with E-state index in [1.165, 1.54) is 9.79 Å². The maximum atomic E-state index is 5.54. The summed E-state index contributed by atoms with van der Waals surface area (Å²) < 4.78 is 5.54. The fourth-order valence-corrected chi connectivity index (χ4v) is 4.51. The van der Waals surface area contributed by atoms with Crippen molar-refractivity contribution in [1.82, 2.24) is 4.90 Å². The first-order valence-corrected chi connectivity index (χ1v) is 11.1. The van der Waals surface area contributed by atoms with E-state index in [-0.39, 0.29) is 0 Å². The molecule has 0 amide bonds. The van der Waals surface area contributed by atoms with Gasteiger partial charge in [0.15, 0.2) is 0 Å². The second-order valence-corrected chi connectivity index (χ2v) is 8.44. The number of ether oxygens (including phenoxy) is 1. The number of para-hydroxylation sites is 2. The lowest BCUT2D eigenvalue weighted by Gasteiger charge is -2.29. The average molecular weight is 414 g/mol. The zero-order valence-corrected chi connectivity index (χ0v) is 17.5. The van der Waals surface area contributed by atoms with E-state index in [0.29, 0.717) is 0 Å². The van der Waals surface area contributed by atoms with Gasteiger partial charge in [-0.05, 0) is 42.0 Å². The van der Waals surface area contributed by atoms with Gasteiger partial charge < -0.3 is 9.64 Å². The number of fused-ring (bicyclic) bond motifs is 1. The van der Waals surface area contributed by atoms with Crippen molar-refractivity contribution in [3.8, 4) is 0 Å². The predicted molar refractivity (Wildman–Crippen MR) is 124 cm³/mol. The third-order valence-corrected chi connectivity index (χ3v) is 6.27. The molecule has 0 N–H and O–H groups in total. The first-order chi connectivity index (χ1) is 14.8. The molecule has 3 aromatic carbocycles. The molecule has 5 rings (SSSR count). The lowest BCUT2D eigenvalue weighted by Crippen LogP contribution is -2.41. The molecule has 0 spiro atoms. The number of aliphatic imine (C=N–C) groups is 2. The van der Waals surface area contributed by atoms with Crippen LogP contribution in [0.25, 0.3) is 0 Å². The highest BCUT2D eigenvalue weighted by molar-refractivity contribution is 7.99. The SMILES string of the molecule is c1ccc(Sc2ccc(C3=Nc4ccccc4N=C(N4CCOCC4)C3)cc2)cc1. The number of benzene rings is 3. The standard InChI is InChI=1S/C25H23N3OS/c1-2-6-20(7-3-1)30-21-12-10-19(11-13-21)24-18-25(28-14-16-29-17-15-28)27-23-9-5-4-8-22(23)26-24/h1-13H,14-18H2. The minimum atomic E-state index is 0.722. The Morgan fingerprint density at radius 2 is 1.33 bits per heavy atom. The van der Waals surface area contributed by atoms with Gasteiger partial charge in [0, 0.05) is 29.3 Å². The van der Waals surface area contributed by atoms with Gasteiger partial charge in [0.1, 0.15) is 5.84 Å². The smallest absolute Gasteiger partial charge is 0.111 e. The van der Waals surface area contributed by atoms with Crippen LogP contribution in [0.2, 0.25) is 0 Å². The van der Waals surface area contributed by atoms with Crippen LogP contribution in [-0.2, 0) is 4.74 Å². The molecule has 1 saturated heterocycles. The maximum absolute atomic E-state index is 5.54. The summed E-state index contributed by atoms with van der Waals surface area (Å²) in [5, 5.41) is 0. The van der Waals surface area contributed by atoms with Crippen molar-refractivity contribution in [1.29, 1.82) is 0 Å². The number of morpholine rings is 1. The molecule has 4 nitrogen and oxygen atoms in total. The van der Waals surface area contributed by atoms with E-state index in [4.69, 9.17) is 14.7 Å². The molecule has 2 heterocycles. The van der Waals surface area contributed by atoms with Gasteiger partial charge in [-0.15, -0.1) is 0 Å². The lowest BCUT2D eigenvalue weighted by molar-refractivity contribution is 0.0676. The van der Waals surface area contributed by atoms with E-state index in [1.54, 1.807) is 11.8 Å². The van der Waals surface area contributed by atoms with Crippen LogP contribution in [0.1, 0.15) is 12.0 Å². The molecule has 2 aliphatic heterocycles. The topological polar surface area (TPSA) is 37.2 Å². The molecule has 3 aromatic rings. The third kappa shape index (κ3) is 4.32. The molecule has 1 fully saturated rings. The minimum absolute atomic E-state index is 0.722. The lowest BCUT2D eigenvalue weighted by atomic mass is 10.1. The van der Waals surface area contributed by atoms with Crippen LogP contribution in [-0.4, -0.2) is 42.8 Å². The van der Waals surface area contributed by atoms with Gasteiger partial charge in [0.2, 0.25) is 0 Å². The number of hydrogen-bond acceptors (Lipinski definition) is 5. The van der Waals surface area contributed by atoms with Crippen molar-refractivity contribution in [3.63, 3.8) is 0 Å². The monoisotopic (exact) mass is 413 g/mol. The van der Waals surface area contributed by atoms with Gasteiger partial charge in [-0.2, -0.15) is 0 Å². The van der Waals surface area contributed by atoms with Gasteiger partial charge in [-0.3, -0.25) is 4.99 Å². The van der Waals surface area contributed by atoms with Crippen molar-refractivity contribution in [2.75, 3.05) is 26.3 Å². The highest BCUT2D eigenvalue weighted by Crippen LogP contribution is 2.33. The highest BCUT2D eigenvalue weighted by atomic mass is 32.2. The molecule has 0 aliphatic carbocycles. The Morgan fingerprint density at radius 3 is 2.07 bits per heavy atom. The summed E-state index contributed by atoms with van der Waals surface area (Å²) in [6.07, 6.45) is 0.722. The van der Waals surface area contributed by atoms with Crippen molar-refractivity contribution >= 4 is 34.7 Å². The zero-order valence-electron chi connectivity index (χ0n) is 16.7. The van der Waals surface area contributed by atoms with Crippen LogP contribution in [0.3, 0.4) is 0 Å². The number of rotatable bonds is 3. The van der Waals surface area contributed by atoms with E-state index in [9.17, 15) is 0 Å². The second-order valence-electron chi connectivity index (χ2n) is 7.29. The second kappa shape index (κ2) is 8.86. The largest absolute Gasteiger partial charge is 0.378 e. The van der Waals surface area contributed by atoms with Gasteiger partial charge in [-0.1, -0.05) is 54.2 Å². The van der Waals surface area contributed by atoms with Crippen LogP contribution in [0.4, 0.5) is 11.4 Å². The molecule has 30 heavy (non-hydrogen) atoms. The third-order valence-electron chi connectivity index (χ3n) is 5.25. The molecule has 0 unspecified atom stereocenters. The normalized spacial score (nSPS) is 16.3. The van der Waals surface area contributed by atoms with Crippen molar-refractivity contribution in [3.05, 3.63) is 84.4 Å². The van der Waals surface area contributed by atoms with Crippen molar-refractivity contribution < 1.29 is 4.74 Å². The summed E-state index contributed by atoms with van der Waals surface area (Å²) in [6.45, 7) is 3.25.